The van der Waals surface area contributed by atoms with Crippen molar-refractivity contribution in [2.45, 2.75) is 25.3 Å². The number of para-hydroxylation sites is 2. The molecule has 1 amide bonds. The molecule has 2 aliphatic heterocycles. The highest BCUT2D eigenvalue weighted by molar-refractivity contribution is 7.18. The van der Waals surface area contributed by atoms with Gasteiger partial charge in [-0.05, 0) is 43.7 Å². The van der Waals surface area contributed by atoms with Crippen molar-refractivity contribution in [2.24, 2.45) is 0 Å². The lowest BCUT2D eigenvalue weighted by Gasteiger charge is -2.33. The quantitative estimate of drug-likeness (QED) is 0.553. The number of piperidine rings is 1. The molecule has 0 saturated carbocycles. The Kier molecular flexibility index (Phi) is 6.90. The number of likely N-dealkylation sites (N-methyl/N-ethyl adjacent to an activating group) is 1. The molecule has 3 heterocycles. The van der Waals surface area contributed by atoms with Gasteiger partial charge in [-0.1, -0.05) is 30.3 Å². The number of fused-ring (bicyclic) bond motifs is 1. The smallest absolute Gasteiger partial charge is 0.236 e. The van der Waals surface area contributed by atoms with E-state index >= 15 is 0 Å². The predicted octanol–water partition coefficient (Wildman–Crippen LogP) is 3.97. The topological polar surface area (TPSA) is 48.9 Å². The fourth-order valence-electron chi connectivity index (χ4n) is 4.88. The first-order valence-corrected chi connectivity index (χ1v) is 12.7. The van der Waals surface area contributed by atoms with Gasteiger partial charge in [0.1, 0.15) is 0 Å². The van der Waals surface area contributed by atoms with Gasteiger partial charge in [-0.3, -0.25) is 9.69 Å². The largest absolute Gasteiger partial charge is 0.378 e. The van der Waals surface area contributed by atoms with Crippen molar-refractivity contribution < 1.29 is 9.53 Å². The van der Waals surface area contributed by atoms with Crippen LogP contribution in [0.4, 0.5) is 5.69 Å². The van der Waals surface area contributed by atoms with Crippen LogP contribution in [0.15, 0.2) is 48.5 Å². The van der Waals surface area contributed by atoms with E-state index in [1.807, 2.05) is 18.0 Å². The molecule has 0 atom stereocenters. The molecule has 33 heavy (non-hydrogen) atoms. The first-order chi connectivity index (χ1) is 16.2. The van der Waals surface area contributed by atoms with E-state index in [0.717, 1.165) is 64.3 Å². The summed E-state index contributed by atoms with van der Waals surface area (Å²) in [5.41, 5.74) is 3.62. The highest BCUT2D eigenvalue weighted by Gasteiger charge is 2.26. The third kappa shape index (κ3) is 5.21. The SMILES string of the molecule is CN(CC(=O)N1CCC(c2nc3ccccc3s2)CC1)Cc1ccccc1N1CCOCC1. The van der Waals surface area contributed by atoms with Crippen molar-refractivity contribution >= 4 is 33.1 Å². The average Bonchev–Trinajstić information content (AvgIpc) is 3.29. The van der Waals surface area contributed by atoms with E-state index in [2.05, 4.69) is 52.3 Å². The van der Waals surface area contributed by atoms with Crippen LogP contribution in [0, 0.1) is 0 Å². The first kappa shape index (κ1) is 22.3. The van der Waals surface area contributed by atoms with Crippen molar-refractivity contribution in [1.82, 2.24) is 14.8 Å². The van der Waals surface area contributed by atoms with Crippen LogP contribution in [0.2, 0.25) is 0 Å². The zero-order valence-electron chi connectivity index (χ0n) is 19.3. The number of aromatic nitrogens is 1. The Labute approximate surface area is 199 Å². The molecule has 0 radical (unpaired) electrons. The van der Waals surface area contributed by atoms with Gasteiger partial charge in [0.25, 0.3) is 0 Å². The summed E-state index contributed by atoms with van der Waals surface area (Å²) in [4.78, 5) is 24.4. The van der Waals surface area contributed by atoms with Crippen LogP contribution in [-0.2, 0) is 16.1 Å². The number of carbonyl (C=O) groups is 1. The Bertz CT molecular complexity index is 1050. The number of carbonyl (C=O) groups excluding carboxylic acids is 1. The van der Waals surface area contributed by atoms with Crippen LogP contribution in [0.25, 0.3) is 10.2 Å². The number of nitrogens with zero attached hydrogens (tertiary/aromatic N) is 4. The van der Waals surface area contributed by atoms with Crippen molar-refractivity contribution in [2.75, 3.05) is 57.9 Å². The number of hydrogen-bond donors (Lipinski definition) is 0. The lowest BCUT2D eigenvalue weighted by Crippen LogP contribution is -2.43. The van der Waals surface area contributed by atoms with E-state index < -0.39 is 0 Å². The van der Waals surface area contributed by atoms with Gasteiger partial charge in [-0.2, -0.15) is 0 Å². The minimum Gasteiger partial charge on any atom is -0.378 e. The predicted molar refractivity (Wildman–Crippen MR) is 134 cm³/mol. The van der Waals surface area contributed by atoms with E-state index in [1.54, 1.807) is 11.3 Å². The Morgan fingerprint density at radius 3 is 2.58 bits per heavy atom. The summed E-state index contributed by atoms with van der Waals surface area (Å²) in [6.07, 6.45) is 1.99. The number of likely N-dealkylation sites (tertiary alicyclic amines) is 1. The molecule has 2 aliphatic rings. The molecule has 0 aliphatic carbocycles. The molecule has 3 aromatic rings. The number of anilines is 1. The molecular formula is C26H32N4O2S. The second-order valence-electron chi connectivity index (χ2n) is 9.08. The number of hydrogen-bond acceptors (Lipinski definition) is 6. The van der Waals surface area contributed by atoms with Crippen molar-refractivity contribution in [3.8, 4) is 0 Å². The maximum absolute atomic E-state index is 13.0. The second-order valence-corrected chi connectivity index (χ2v) is 10.1. The summed E-state index contributed by atoms with van der Waals surface area (Å²) in [6, 6.07) is 16.9. The first-order valence-electron chi connectivity index (χ1n) is 11.9. The maximum Gasteiger partial charge on any atom is 0.236 e. The summed E-state index contributed by atoms with van der Waals surface area (Å²) < 4.78 is 6.76. The number of thiazole rings is 1. The highest BCUT2D eigenvalue weighted by Crippen LogP contribution is 2.33. The van der Waals surface area contributed by atoms with E-state index in [4.69, 9.17) is 9.72 Å². The normalized spacial score (nSPS) is 17.8. The summed E-state index contributed by atoms with van der Waals surface area (Å²) >= 11 is 1.80. The summed E-state index contributed by atoms with van der Waals surface area (Å²) in [6.45, 7) is 6.23. The Hall–Kier alpha value is -2.48. The molecule has 7 heteroatoms. The molecule has 0 N–H and O–H groups in total. The molecule has 0 bridgehead atoms. The minimum absolute atomic E-state index is 0.226. The molecule has 2 aromatic carbocycles. The van der Waals surface area contributed by atoms with Gasteiger partial charge in [-0.15, -0.1) is 11.3 Å². The molecule has 5 rings (SSSR count). The molecule has 2 saturated heterocycles. The molecular weight excluding hydrogens is 432 g/mol. The minimum atomic E-state index is 0.226. The van der Waals surface area contributed by atoms with Crippen LogP contribution >= 0.6 is 11.3 Å². The highest BCUT2D eigenvalue weighted by atomic mass is 32.1. The molecule has 0 spiro atoms. The molecule has 2 fully saturated rings. The zero-order valence-corrected chi connectivity index (χ0v) is 20.1. The van der Waals surface area contributed by atoms with E-state index in [1.165, 1.54) is 21.0 Å². The van der Waals surface area contributed by atoms with Gasteiger partial charge < -0.3 is 14.5 Å². The third-order valence-electron chi connectivity index (χ3n) is 6.70. The molecule has 1 aromatic heterocycles. The van der Waals surface area contributed by atoms with Crippen molar-refractivity contribution in [1.29, 1.82) is 0 Å². The number of rotatable bonds is 6. The van der Waals surface area contributed by atoms with Gasteiger partial charge in [0.05, 0.1) is 35.0 Å². The lowest BCUT2D eigenvalue weighted by molar-refractivity contribution is -0.133. The monoisotopic (exact) mass is 464 g/mol. The van der Waals surface area contributed by atoms with E-state index in [0.29, 0.717) is 12.5 Å². The van der Waals surface area contributed by atoms with Crippen LogP contribution in [0.3, 0.4) is 0 Å². The number of amides is 1. The van der Waals surface area contributed by atoms with E-state index in [9.17, 15) is 4.79 Å². The molecule has 6 nitrogen and oxygen atoms in total. The van der Waals surface area contributed by atoms with Crippen LogP contribution in [0.1, 0.15) is 29.3 Å². The lowest BCUT2D eigenvalue weighted by atomic mass is 9.97. The summed E-state index contributed by atoms with van der Waals surface area (Å²) in [5.74, 6) is 0.689. The Morgan fingerprint density at radius 1 is 1.06 bits per heavy atom. The van der Waals surface area contributed by atoms with Gasteiger partial charge in [0, 0.05) is 44.3 Å². The average molecular weight is 465 g/mol. The van der Waals surface area contributed by atoms with Gasteiger partial charge in [0.15, 0.2) is 0 Å². The van der Waals surface area contributed by atoms with Gasteiger partial charge in [0.2, 0.25) is 5.91 Å². The number of ether oxygens (including phenoxy) is 1. The third-order valence-corrected chi connectivity index (χ3v) is 7.90. The van der Waals surface area contributed by atoms with Crippen molar-refractivity contribution in [3.05, 3.63) is 59.1 Å². The summed E-state index contributed by atoms with van der Waals surface area (Å²) in [5, 5.41) is 1.22. The zero-order chi connectivity index (χ0) is 22.6. The van der Waals surface area contributed by atoms with Crippen LogP contribution in [0.5, 0.6) is 0 Å². The Morgan fingerprint density at radius 2 is 1.79 bits per heavy atom. The van der Waals surface area contributed by atoms with Crippen LogP contribution < -0.4 is 4.90 Å². The maximum atomic E-state index is 13.0. The molecule has 174 valence electrons. The summed E-state index contributed by atoms with van der Waals surface area (Å²) in [7, 11) is 2.04. The molecule has 0 unspecified atom stereocenters. The standard InChI is InChI=1S/C26H32N4O2S/c1-28(18-21-6-2-4-8-23(21)29-14-16-32-17-15-29)19-25(31)30-12-10-20(11-13-30)26-27-22-7-3-5-9-24(22)33-26/h2-9,20H,10-19H2,1H3. The second kappa shape index (κ2) is 10.2. The van der Waals surface area contributed by atoms with E-state index in [-0.39, 0.29) is 5.91 Å². The fraction of sp³-hybridized carbons (Fsp3) is 0.462. The van der Waals surface area contributed by atoms with Crippen LogP contribution in [-0.4, -0.2) is 73.7 Å². The number of morpholine rings is 1. The van der Waals surface area contributed by atoms with Gasteiger partial charge in [-0.25, -0.2) is 4.98 Å². The number of benzene rings is 2. The Balaban J connectivity index is 1.15. The van der Waals surface area contributed by atoms with Gasteiger partial charge >= 0.3 is 0 Å². The van der Waals surface area contributed by atoms with Crippen molar-refractivity contribution in [3.63, 3.8) is 0 Å². The fourth-order valence-corrected chi connectivity index (χ4v) is 6.01.